The van der Waals surface area contributed by atoms with Crippen LogP contribution in [-0.2, 0) is 10.3 Å². The molecule has 1 aromatic carbocycles. The largest absolute Gasteiger partial charge is 0.481 e. The molecule has 1 unspecified atom stereocenters. The summed E-state index contributed by atoms with van der Waals surface area (Å²) in [7, 11) is 0. The number of carbonyl (C=O) groups is 1. The number of aliphatic carboxylic acids is 1. The quantitative estimate of drug-likeness (QED) is 0.763. The molecule has 0 bridgehead atoms. The molecule has 1 atom stereocenters. The van der Waals surface area contributed by atoms with Crippen molar-refractivity contribution in [2.24, 2.45) is 0 Å². The topological polar surface area (TPSA) is 61.4 Å². The van der Waals surface area contributed by atoms with Crippen LogP contribution in [0.5, 0.6) is 0 Å². The van der Waals surface area contributed by atoms with E-state index < -0.39 is 5.97 Å². The van der Waals surface area contributed by atoms with E-state index >= 15 is 0 Å². The molecule has 2 rings (SSSR count). The lowest BCUT2D eigenvalue weighted by atomic mass is 9.86. The summed E-state index contributed by atoms with van der Waals surface area (Å²) in [5.74, 6) is -0.778. The summed E-state index contributed by atoms with van der Waals surface area (Å²) in [4.78, 5) is 10.7. The number of halogens is 1. The van der Waals surface area contributed by atoms with Crippen molar-refractivity contribution < 1.29 is 9.90 Å². The maximum absolute atomic E-state index is 10.7. The van der Waals surface area contributed by atoms with Gasteiger partial charge in [0.2, 0.25) is 0 Å². The lowest BCUT2D eigenvalue weighted by Gasteiger charge is -2.29. The molecule has 0 spiro atoms. The predicted molar refractivity (Wildman–Crippen MR) is 66.0 cm³/mol. The second-order valence-electron chi connectivity index (χ2n) is 4.27. The number of carboxylic acids is 1. The van der Waals surface area contributed by atoms with Crippen LogP contribution in [0.3, 0.4) is 0 Å². The molecule has 0 amide bonds. The Morgan fingerprint density at radius 1 is 1.53 bits per heavy atom. The highest BCUT2D eigenvalue weighted by molar-refractivity contribution is 6.30. The van der Waals surface area contributed by atoms with E-state index in [4.69, 9.17) is 16.7 Å². The minimum Gasteiger partial charge on any atom is -0.481 e. The van der Waals surface area contributed by atoms with Crippen molar-refractivity contribution in [2.75, 3.05) is 13.2 Å². The van der Waals surface area contributed by atoms with E-state index in [2.05, 4.69) is 10.6 Å². The average Bonchev–Trinajstić information content (AvgIpc) is 2.76. The van der Waals surface area contributed by atoms with Crippen LogP contribution in [0.1, 0.15) is 18.4 Å². The number of hydrogen-bond acceptors (Lipinski definition) is 3. The van der Waals surface area contributed by atoms with Crippen LogP contribution >= 0.6 is 11.6 Å². The molecule has 17 heavy (non-hydrogen) atoms. The van der Waals surface area contributed by atoms with Crippen LogP contribution in [0, 0.1) is 0 Å². The van der Waals surface area contributed by atoms with E-state index in [1.807, 2.05) is 24.3 Å². The second-order valence-corrected chi connectivity index (χ2v) is 4.70. The number of nitrogens with one attached hydrogen (secondary N) is 2. The van der Waals surface area contributed by atoms with Crippen LogP contribution in [0.2, 0.25) is 5.02 Å². The lowest BCUT2D eigenvalue weighted by Crippen LogP contribution is -2.40. The highest BCUT2D eigenvalue weighted by Crippen LogP contribution is 2.29. The van der Waals surface area contributed by atoms with Crippen LogP contribution in [0.15, 0.2) is 24.3 Å². The molecule has 1 aliphatic heterocycles. The van der Waals surface area contributed by atoms with Gasteiger partial charge in [-0.3, -0.25) is 10.1 Å². The summed E-state index contributed by atoms with van der Waals surface area (Å²) in [6.45, 7) is 1.41. The zero-order valence-corrected chi connectivity index (χ0v) is 10.1. The van der Waals surface area contributed by atoms with E-state index in [1.54, 1.807) is 0 Å². The summed E-state index contributed by atoms with van der Waals surface area (Å²) in [5.41, 5.74) is 0.722. The first-order valence-electron chi connectivity index (χ1n) is 5.56. The molecule has 1 saturated heterocycles. The van der Waals surface area contributed by atoms with E-state index in [9.17, 15) is 4.79 Å². The summed E-state index contributed by atoms with van der Waals surface area (Å²) < 4.78 is 0. The third-order valence-electron chi connectivity index (χ3n) is 3.12. The molecule has 5 heteroatoms. The van der Waals surface area contributed by atoms with Crippen LogP contribution in [-0.4, -0.2) is 24.3 Å². The Morgan fingerprint density at radius 3 is 2.94 bits per heavy atom. The molecule has 1 aliphatic rings. The maximum atomic E-state index is 10.7. The Balaban J connectivity index is 2.24. The zero-order valence-electron chi connectivity index (χ0n) is 9.37. The number of carboxylic acid groups (broad SMARTS) is 1. The number of rotatable bonds is 4. The van der Waals surface area contributed by atoms with E-state index in [0.29, 0.717) is 18.1 Å². The van der Waals surface area contributed by atoms with Crippen molar-refractivity contribution in [1.29, 1.82) is 0 Å². The third kappa shape index (κ3) is 2.77. The van der Waals surface area contributed by atoms with Crippen molar-refractivity contribution in [1.82, 2.24) is 10.6 Å². The van der Waals surface area contributed by atoms with Gasteiger partial charge in [0.25, 0.3) is 0 Å². The standard InChI is InChI=1S/C12H15ClN2O2/c13-10-3-1-2-9(6-10)12(5-4-11(16)17)7-14-8-15-12/h1-3,6,14-15H,4-5,7-8H2,(H,16,17). The first kappa shape index (κ1) is 12.4. The zero-order chi connectivity index (χ0) is 12.3. The normalized spacial score (nSPS) is 23.8. The van der Waals surface area contributed by atoms with E-state index in [0.717, 1.165) is 12.1 Å². The summed E-state index contributed by atoms with van der Waals surface area (Å²) in [6, 6.07) is 7.58. The highest BCUT2D eigenvalue weighted by Gasteiger charge is 2.35. The molecular formula is C12H15ClN2O2. The summed E-state index contributed by atoms with van der Waals surface area (Å²) in [5, 5.41) is 16.0. The molecule has 0 aliphatic carbocycles. The fraction of sp³-hybridized carbons (Fsp3) is 0.417. The predicted octanol–water partition coefficient (Wildman–Crippen LogP) is 1.55. The second kappa shape index (κ2) is 5.04. The number of benzene rings is 1. The summed E-state index contributed by atoms with van der Waals surface area (Å²) in [6.07, 6.45) is 0.691. The molecule has 0 saturated carbocycles. The van der Waals surface area contributed by atoms with Crippen LogP contribution in [0.25, 0.3) is 0 Å². The Hall–Kier alpha value is -1.10. The molecular weight excluding hydrogens is 240 g/mol. The minimum atomic E-state index is -0.778. The first-order chi connectivity index (χ1) is 8.12. The van der Waals surface area contributed by atoms with Gasteiger partial charge in [0.15, 0.2) is 0 Å². The maximum Gasteiger partial charge on any atom is 0.303 e. The summed E-state index contributed by atoms with van der Waals surface area (Å²) >= 11 is 5.98. The molecule has 0 radical (unpaired) electrons. The highest BCUT2D eigenvalue weighted by atomic mass is 35.5. The van der Waals surface area contributed by atoms with Crippen LogP contribution in [0.4, 0.5) is 0 Å². The average molecular weight is 255 g/mol. The van der Waals surface area contributed by atoms with Gasteiger partial charge in [-0.15, -0.1) is 0 Å². The minimum absolute atomic E-state index is 0.140. The van der Waals surface area contributed by atoms with Gasteiger partial charge in [-0.2, -0.15) is 0 Å². The van der Waals surface area contributed by atoms with Gasteiger partial charge in [0, 0.05) is 24.7 Å². The van der Waals surface area contributed by atoms with E-state index in [1.165, 1.54) is 0 Å². The Labute approximate surface area is 105 Å². The number of hydrogen-bond donors (Lipinski definition) is 3. The Bertz CT molecular complexity index is 417. The van der Waals surface area contributed by atoms with Gasteiger partial charge in [-0.05, 0) is 24.1 Å². The fourth-order valence-corrected chi connectivity index (χ4v) is 2.39. The monoisotopic (exact) mass is 254 g/mol. The van der Waals surface area contributed by atoms with Crippen molar-refractivity contribution in [3.8, 4) is 0 Å². The molecule has 1 fully saturated rings. The van der Waals surface area contributed by atoms with Crippen molar-refractivity contribution in [3.63, 3.8) is 0 Å². The fourth-order valence-electron chi connectivity index (χ4n) is 2.20. The first-order valence-corrected chi connectivity index (χ1v) is 5.94. The molecule has 4 nitrogen and oxygen atoms in total. The van der Waals surface area contributed by atoms with Gasteiger partial charge in [-0.25, -0.2) is 0 Å². The van der Waals surface area contributed by atoms with Crippen molar-refractivity contribution in [2.45, 2.75) is 18.4 Å². The van der Waals surface area contributed by atoms with Crippen molar-refractivity contribution in [3.05, 3.63) is 34.9 Å². The van der Waals surface area contributed by atoms with Gasteiger partial charge < -0.3 is 10.4 Å². The molecule has 1 aromatic rings. The Morgan fingerprint density at radius 2 is 2.35 bits per heavy atom. The SMILES string of the molecule is O=C(O)CCC1(c2cccc(Cl)c2)CNCN1. The molecule has 92 valence electrons. The van der Waals surface area contributed by atoms with E-state index in [-0.39, 0.29) is 12.0 Å². The smallest absolute Gasteiger partial charge is 0.303 e. The third-order valence-corrected chi connectivity index (χ3v) is 3.36. The van der Waals surface area contributed by atoms with Crippen LogP contribution < -0.4 is 10.6 Å². The molecule has 3 N–H and O–H groups in total. The van der Waals surface area contributed by atoms with Gasteiger partial charge in [-0.1, -0.05) is 23.7 Å². The molecule has 1 heterocycles. The van der Waals surface area contributed by atoms with Crippen molar-refractivity contribution >= 4 is 17.6 Å². The van der Waals surface area contributed by atoms with Gasteiger partial charge >= 0.3 is 5.97 Å². The molecule has 0 aromatic heterocycles. The Kier molecular flexibility index (Phi) is 3.66. The lowest BCUT2D eigenvalue weighted by molar-refractivity contribution is -0.137. The van der Waals surface area contributed by atoms with Gasteiger partial charge in [0.1, 0.15) is 0 Å². The van der Waals surface area contributed by atoms with Gasteiger partial charge in [0.05, 0.1) is 5.54 Å².